The average Bonchev–Trinajstić information content (AvgIpc) is 3.25. The van der Waals surface area contributed by atoms with E-state index < -0.39 is 0 Å². The third kappa shape index (κ3) is 6.10. The van der Waals surface area contributed by atoms with Crippen molar-refractivity contribution in [2.45, 2.75) is 33.1 Å². The van der Waals surface area contributed by atoms with Crippen LogP contribution in [0.2, 0.25) is 0 Å². The molecule has 0 spiro atoms. The number of anilines is 3. The van der Waals surface area contributed by atoms with E-state index in [2.05, 4.69) is 20.5 Å². The highest BCUT2D eigenvalue weighted by molar-refractivity contribution is 7.09. The zero-order valence-electron chi connectivity index (χ0n) is 18.9. The van der Waals surface area contributed by atoms with Gasteiger partial charge in [-0.2, -0.15) is 0 Å². The number of amides is 2. The van der Waals surface area contributed by atoms with E-state index in [-0.39, 0.29) is 18.4 Å². The lowest BCUT2D eigenvalue weighted by molar-refractivity contribution is -0.118. The number of hydrogen-bond donors (Lipinski definition) is 2. The highest BCUT2D eigenvalue weighted by atomic mass is 32.1. The molecule has 0 radical (unpaired) electrons. The highest BCUT2D eigenvalue weighted by Crippen LogP contribution is 2.31. The van der Waals surface area contributed by atoms with Crippen molar-refractivity contribution >= 4 is 40.2 Å². The molecule has 0 saturated carbocycles. The lowest BCUT2D eigenvalue weighted by Crippen LogP contribution is -2.29. The minimum absolute atomic E-state index is 0.171. The molecule has 2 aromatic carbocycles. The second-order valence-electron chi connectivity index (χ2n) is 8.08. The van der Waals surface area contributed by atoms with Crippen molar-refractivity contribution in [2.24, 2.45) is 0 Å². The molecule has 33 heavy (non-hydrogen) atoms. The molecule has 1 fully saturated rings. The standard InChI is InChI=1S/C25H28N4O3S/c1-17(30)26-22-14-19(23-16-33-18(2)27-23)6-11-24(22)32-15-25(31)28-20-7-9-21(10-8-20)29-12-4-3-5-13-29/h6-11,14,16H,3-5,12-13,15H2,1-2H3,(H,26,30)(H,28,31). The van der Waals surface area contributed by atoms with Gasteiger partial charge in [0.1, 0.15) is 5.75 Å². The molecule has 0 bridgehead atoms. The van der Waals surface area contributed by atoms with Gasteiger partial charge in [0.25, 0.3) is 5.91 Å². The molecule has 3 aromatic rings. The topological polar surface area (TPSA) is 83.6 Å². The van der Waals surface area contributed by atoms with Crippen molar-refractivity contribution in [1.82, 2.24) is 4.98 Å². The van der Waals surface area contributed by atoms with Crippen LogP contribution in [-0.4, -0.2) is 36.5 Å². The molecule has 1 aliphatic heterocycles. The fourth-order valence-corrected chi connectivity index (χ4v) is 4.47. The van der Waals surface area contributed by atoms with Gasteiger partial charge in [0.15, 0.2) is 6.61 Å². The number of aromatic nitrogens is 1. The quantitative estimate of drug-likeness (QED) is 0.509. The monoisotopic (exact) mass is 464 g/mol. The number of carbonyl (C=O) groups excluding carboxylic acids is 2. The van der Waals surface area contributed by atoms with Crippen LogP contribution in [0.1, 0.15) is 31.2 Å². The predicted molar refractivity (Wildman–Crippen MR) is 133 cm³/mol. The van der Waals surface area contributed by atoms with Gasteiger partial charge in [0.2, 0.25) is 5.91 Å². The molecule has 1 aliphatic rings. The van der Waals surface area contributed by atoms with Gasteiger partial charge < -0.3 is 20.3 Å². The number of benzene rings is 2. The number of nitrogens with one attached hydrogen (secondary N) is 2. The Morgan fingerprint density at radius 1 is 1.06 bits per heavy atom. The zero-order valence-corrected chi connectivity index (χ0v) is 19.7. The van der Waals surface area contributed by atoms with Gasteiger partial charge in [-0.25, -0.2) is 4.98 Å². The van der Waals surface area contributed by atoms with Gasteiger partial charge in [-0.3, -0.25) is 9.59 Å². The lowest BCUT2D eigenvalue weighted by atomic mass is 10.1. The van der Waals surface area contributed by atoms with Gasteiger partial charge in [0, 0.05) is 42.3 Å². The van der Waals surface area contributed by atoms with Gasteiger partial charge in [-0.1, -0.05) is 0 Å². The molecule has 7 nitrogen and oxygen atoms in total. The Kier molecular flexibility index (Phi) is 7.24. The molecule has 0 aliphatic carbocycles. The average molecular weight is 465 g/mol. The van der Waals surface area contributed by atoms with Crippen molar-refractivity contribution in [3.63, 3.8) is 0 Å². The van der Waals surface area contributed by atoms with Gasteiger partial charge in [-0.05, 0) is 68.7 Å². The number of hydrogen-bond acceptors (Lipinski definition) is 6. The second kappa shape index (κ2) is 10.5. The predicted octanol–water partition coefficient (Wildman–Crippen LogP) is 5.08. The largest absolute Gasteiger partial charge is 0.482 e. The number of carbonyl (C=O) groups is 2. The van der Waals surface area contributed by atoms with Crippen LogP contribution in [0.25, 0.3) is 11.3 Å². The SMILES string of the molecule is CC(=O)Nc1cc(-c2csc(C)n2)ccc1OCC(=O)Nc1ccc(N2CCCCC2)cc1. The van der Waals surface area contributed by atoms with Gasteiger partial charge >= 0.3 is 0 Å². The van der Waals surface area contributed by atoms with Crippen molar-refractivity contribution in [3.05, 3.63) is 52.9 Å². The molecular formula is C25H28N4O3S. The summed E-state index contributed by atoms with van der Waals surface area (Å²) < 4.78 is 5.73. The van der Waals surface area contributed by atoms with E-state index >= 15 is 0 Å². The molecule has 8 heteroatoms. The number of thiazole rings is 1. The van der Waals surface area contributed by atoms with Crippen LogP contribution >= 0.6 is 11.3 Å². The first-order valence-corrected chi connectivity index (χ1v) is 12.0. The van der Waals surface area contributed by atoms with E-state index in [1.807, 2.05) is 48.7 Å². The lowest BCUT2D eigenvalue weighted by Gasteiger charge is -2.28. The molecule has 0 unspecified atom stereocenters. The van der Waals surface area contributed by atoms with Crippen molar-refractivity contribution in [1.29, 1.82) is 0 Å². The third-order valence-electron chi connectivity index (χ3n) is 5.44. The number of ether oxygens (including phenoxy) is 1. The van der Waals surface area contributed by atoms with Crippen molar-refractivity contribution in [3.8, 4) is 17.0 Å². The van der Waals surface area contributed by atoms with Crippen LogP contribution < -0.4 is 20.3 Å². The number of nitrogens with zero attached hydrogens (tertiary/aromatic N) is 2. The normalized spacial score (nSPS) is 13.5. The minimum Gasteiger partial charge on any atom is -0.482 e. The molecule has 172 valence electrons. The van der Waals surface area contributed by atoms with Crippen molar-refractivity contribution in [2.75, 3.05) is 35.2 Å². The molecule has 4 rings (SSSR count). The van der Waals surface area contributed by atoms with Crippen molar-refractivity contribution < 1.29 is 14.3 Å². The summed E-state index contributed by atoms with van der Waals surface area (Å²) in [6, 6.07) is 13.3. The summed E-state index contributed by atoms with van der Waals surface area (Å²) in [5, 5.41) is 8.57. The summed E-state index contributed by atoms with van der Waals surface area (Å²) in [6.45, 7) is 5.37. The molecule has 2 heterocycles. The number of rotatable bonds is 7. The Hall–Kier alpha value is -3.39. The van der Waals surface area contributed by atoms with Crippen LogP contribution in [0, 0.1) is 6.92 Å². The first-order valence-electron chi connectivity index (χ1n) is 11.1. The Bertz CT molecular complexity index is 1120. The Morgan fingerprint density at radius 2 is 1.82 bits per heavy atom. The molecular weight excluding hydrogens is 436 g/mol. The molecule has 0 atom stereocenters. The minimum atomic E-state index is -0.270. The summed E-state index contributed by atoms with van der Waals surface area (Å²) in [6.07, 6.45) is 3.74. The first kappa shape index (κ1) is 22.8. The maximum atomic E-state index is 12.5. The summed E-state index contributed by atoms with van der Waals surface area (Å²) in [4.78, 5) is 31.0. The van der Waals surface area contributed by atoms with E-state index in [4.69, 9.17) is 4.74 Å². The number of piperidine rings is 1. The third-order valence-corrected chi connectivity index (χ3v) is 6.21. The van der Waals surface area contributed by atoms with Crippen LogP contribution in [0.4, 0.5) is 17.1 Å². The van der Waals surface area contributed by atoms with Gasteiger partial charge in [-0.15, -0.1) is 11.3 Å². The first-order chi connectivity index (χ1) is 16.0. The fourth-order valence-electron chi connectivity index (χ4n) is 3.85. The van der Waals surface area contributed by atoms with Crippen LogP contribution in [0.5, 0.6) is 5.75 Å². The van der Waals surface area contributed by atoms with E-state index in [0.717, 1.165) is 35.0 Å². The maximum absolute atomic E-state index is 12.5. The summed E-state index contributed by atoms with van der Waals surface area (Å²) in [7, 11) is 0. The van der Waals surface area contributed by atoms with Gasteiger partial charge in [0.05, 0.1) is 16.4 Å². The zero-order chi connectivity index (χ0) is 23.2. The Labute approximate surface area is 197 Å². The number of aryl methyl sites for hydroxylation is 1. The summed E-state index contributed by atoms with van der Waals surface area (Å²) in [5.74, 6) is -0.0603. The molecule has 1 aromatic heterocycles. The molecule has 1 saturated heterocycles. The molecule has 2 amide bonds. The van der Waals surface area contributed by atoms with E-state index in [9.17, 15) is 9.59 Å². The second-order valence-corrected chi connectivity index (χ2v) is 9.14. The molecule has 2 N–H and O–H groups in total. The summed E-state index contributed by atoms with van der Waals surface area (Å²) in [5.41, 5.74) is 4.11. The van der Waals surface area contributed by atoms with E-state index in [1.54, 1.807) is 17.4 Å². The van der Waals surface area contributed by atoms with Crippen LogP contribution in [0.3, 0.4) is 0 Å². The van der Waals surface area contributed by atoms with Crippen LogP contribution in [-0.2, 0) is 9.59 Å². The van der Waals surface area contributed by atoms with Crippen LogP contribution in [0.15, 0.2) is 47.8 Å². The Morgan fingerprint density at radius 3 is 2.48 bits per heavy atom. The Balaban J connectivity index is 1.38. The fraction of sp³-hybridized carbons (Fsp3) is 0.320. The highest BCUT2D eigenvalue weighted by Gasteiger charge is 2.13. The summed E-state index contributed by atoms with van der Waals surface area (Å²) >= 11 is 1.56. The smallest absolute Gasteiger partial charge is 0.262 e. The van der Waals surface area contributed by atoms with E-state index in [0.29, 0.717) is 11.4 Å². The van der Waals surface area contributed by atoms with E-state index in [1.165, 1.54) is 31.9 Å². The maximum Gasteiger partial charge on any atom is 0.262 e.